The van der Waals surface area contributed by atoms with Gasteiger partial charge < -0.3 is 14.8 Å². The minimum atomic E-state index is -4.85. The van der Waals surface area contributed by atoms with Gasteiger partial charge in [0.2, 0.25) is 0 Å². The van der Waals surface area contributed by atoms with E-state index in [1.165, 1.54) is 12.1 Å². The van der Waals surface area contributed by atoms with Crippen molar-refractivity contribution >= 4 is 23.1 Å². The van der Waals surface area contributed by atoms with E-state index < -0.39 is 30.0 Å². The van der Waals surface area contributed by atoms with Gasteiger partial charge in [0.1, 0.15) is 17.2 Å². The number of hydrogen-bond acceptors (Lipinski definition) is 5. The molecule has 1 aliphatic rings. The minimum Gasteiger partial charge on any atom is -0.493 e. The SMILES string of the molecule is CC(C)COc1ccc(C2=C(Nc3cccc(OC(F)(F)F)c3)C(=O)N(C(C)C)C2=O)cc1. The Bertz CT molecular complexity index is 1060. The van der Waals surface area contributed by atoms with Gasteiger partial charge in [-0.3, -0.25) is 14.5 Å². The van der Waals surface area contributed by atoms with Crippen molar-refractivity contribution in [1.29, 1.82) is 0 Å². The van der Waals surface area contributed by atoms with Crippen LogP contribution in [0.4, 0.5) is 18.9 Å². The van der Waals surface area contributed by atoms with Gasteiger partial charge in [-0.15, -0.1) is 13.2 Å². The fourth-order valence-electron chi connectivity index (χ4n) is 3.30. The van der Waals surface area contributed by atoms with Crippen LogP contribution in [0.1, 0.15) is 33.3 Å². The number of rotatable bonds is 8. The van der Waals surface area contributed by atoms with Crippen molar-refractivity contribution in [3.05, 3.63) is 59.8 Å². The topological polar surface area (TPSA) is 67.9 Å². The predicted octanol–water partition coefficient (Wildman–Crippen LogP) is 5.22. The molecule has 0 spiro atoms. The first-order valence-corrected chi connectivity index (χ1v) is 10.4. The number of alkyl halides is 3. The van der Waals surface area contributed by atoms with Gasteiger partial charge in [-0.25, -0.2) is 0 Å². The molecular formula is C24H25F3N2O4. The summed E-state index contributed by atoms with van der Waals surface area (Å²) in [6.45, 7) is 7.99. The normalized spacial score (nSPS) is 14.5. The number of amides is 2. The van der Waals surface area contributed by atoms with E-state index in [1.807, 2.05) is 13.8 Å². The molecule has 0 saturated carbocycles. The van der Waals surface area contributed by atoms with Crippen molar-refractivity contribution in [1.82, 2.24) is 4.90 Å². The van der Waals surface area contributed by atoms with Crippen LogP contribution in [0.5, 0.6) is 11.5 Å². The van der Waals surface area contributed by atoms with Crippen LogP contribution in [0, 0.1) is 5.92 Å². The Labute approximate surface area is 190 Å². The molecule has 0 aliphatic carbocycles. The molecule has 1 heterocycles. The Morgan fingerprint density at radius 3 is 2.18 bits per heavy atom. The van der Waals surface area contributed by atoms with Gasteiger partial charge in [-0.1, -0.05) is 32.0 Å². The van der Waals surface area contributed by atoms with Gasteiger partial charge in [-0.2, -0.15) is 0 Å². The zero-order chi connectivity index (χ0) is 24.3. The summed E-state index contributed by atoms with van der Waals surface area (Å²) >= 11 is 0. The molecule has 0 atom stereocenters. The van der Waals surface area contributed by atoms with Crippen molar-refractivity contribution in [3.63, 3.8) is 0 Å². The van der Waals surface area contributed by atoms with E-state index in [0.29, 0.717) is 23.8 Å². The summed E-state index contributed by atoms with van der Waals surface area (Å²) in [7, 11) is 0. The van der Waals surface area contributed by atoms with E-state index in [1.54, 1.807) is 38.1 Å². The third-order valence-electron chi connectivity index (χ3n) is 4.70. The van der Waals surface area contributed by atoms with Crippen LogP contribution in [-0.2, 0) is 9.59 Å². The standard InChI is InChI=1S/C24H25F3N2O4/c1-14(2)13-32-18-10-8-16(9-11-18)20-21(23(31)29(15(3)4)22(20)30)28-17-6-5-7-19(12-17)33-24(25,26)27/h5-12,14-15,28H,13H2,1-4H3. The molecule has 1 aliphatic heterocycles. The number of anilines is 1. The molecule has 176 valence electrons. The summed E-state index contributed by atoms with van der Waals surface area (Å²) in [6.07, 6.45) is -4.85. The fraction of sp³-hybridized carbons (Fsp3) is 0.333. The van der Waals surface area contributed by atoms with Crippen molar-refractivity contribution in [2.75, 3.05) is 11.9 Å². The molecule has 2 amide bonds. The van der Waals surface area contributed by atoms with Crippen molar-refractivity contribution in [2.45, 2.75) is 40.1 Å². The molecule has 2 aromatic carbocycles. The second-order valence-electron chi connectivity index (χ2n) is 8.25. The number of carbonyl (C=O) groups is 2. The number of halogens is 3. The van der Waals surface area contributed by atoms with Gasteiger partial charge in [0.05, 0.1) is 12.2 Å². The molecular weight excluding hydrogens is 437 g/mol. The number of nitrogens with zero attached hydrogens (tertiary/aromatic N) is 1. The number of hydrogen-bond donors (Lipinski definition) is 1. The molecule has 2 aromatic rings. The molecule has 9 heteroatoms. The van der Waals surface area contributed by atoms with Crippen molar-refractivity contribution in [3.8, 4) is 11.5 Å². The maximum atomic E-state index is 13.1. The van der Waals surface area contributed by atoms with E-state index in [9.17, 15) is 22.8 Å². The molecule has 6 nitrogen and oxygen atoms in total. The van der Waals surface area contributed by atoms with Crippen LogP contribution in [0.3, 0.4) is 0 Å². The molecule has 0 aromatic heterocycles. The van der Waals surface area contributed by atoms with Crippen molar-refractivity contribution < 1.29 is 32.2 Å². The van der Waals surface area contributed by atoms with Crippen molar-refractivity contribution in [2.24, 2.45) is 5.92 Å². The highest BCUT2D eigenvalue weighted by molar-refractivity contribution is 6.36. The summed E-state index contributed by atoms with van der Waals surface area (Å²) in [6, 6.07) is 11.4. The van der Waals surface area contributed by atoms with E-state index in [0.717, 1.165) is 17.0 Å². The predicted molar refractivity (Wildman–Crippen MR) is 117 cm³/mol. The largest absolute Gasteiger partial charge is 0.573 e. The monoisotopic (exact) mass is 462 g/mol. The average Bonchev–Trinajstić information content (AvgIpc) is 2.95. The molecule has 0 fully saturated rings. The second kappa shape index (κ2) is 9.56. The van der Waals surface area contributed by atoms with E-state index in [4.69, 9.17) is 4.74 Å². The Kier molecular flexibility index (Phi) is 7.00. The van der Waals surface area contributed by atoms with Crippen LogP contribution in [0.2, 0.25) is 0 Å². The molecule has 3 rings (SSSR count). The summed E-state index contributed by atoms with van der Waals surface area (Å²) < 4.78 is 47.4. The van der Waals surface area contributed by atoms with Gasteiger partial charge in [0.15, 0.2) is 0 Å². The highest BCUT2D eigenvalue weighted by atomic mass is 19.4. The van der Waals surface area contributed by atoms with Gasteiger partial charge in [0.25, 0.3) is 11.8 Å². The molecule has 0 radical (unpaired) electrons. The Hall–Kier alpha value is -3.49. The maximum Gasteiger partial charge on any atom is 0.573 e. The molecule has 0 bridgehead atoms. The average molecular weight is 462 g/mol. The maximum absolute atomic E-state index is 13.1. The molecule has 0 unspecified atom stereocenters. The smallest absolute Gasteiger partial charge is 0.493 e. The van der Waals surface area contributed by atoms with Gasteiger partial charge >= 0.3 is 6.36 Å². The summed E-state index contributed by atoms with van der Waals surface area (Å²) in [5.74, 6) is -0.534. The Morgan fingerprint density at radius 1 is 0.939 bits per heavy atom. The lowest BCUT2D eigenvalue weighted by Crippen LogP contribution is -2.38. The first-order valence-electron chi connectivity index (χ1n) is 10.4. The van der Waals surface area contributed by atoms with Gasteiger partial charge in [-0.05, 0) is 49.6 Å². The fourth-order valence-corrected chi connectivity index (χ4v) is 3.30. The van der Waals surface area contributed by atoms with Crippen LogP contribution < -0.4 is 14.8 Å². The lowest BCUT2D eigenvalue weighted by Gasteiger charge is -2.19. The van der Waals surface area contributed by atoms with Crippen LogP contribution in [0.25, 0.3) is 5.57 Å². The van der Waals surface area contributed by atoms with Crippen LogP contribution in [0.15, 0.2) is 54.2 Å². The quantitative estimate of drug-likeness (QED) is 0.545. The molecule has 33 heavy (non-hydrogen) atoms. The molecule has 0 saturated heterocycles. The Balaban J connectivity index is 1.97. The highest BCUT2D eigenvalue weighted by Crippen LogP contribution is 2.33. The molecule has 1 N–H and O–H groups in total. The Morgan fingerprint density at radius 2 is 1.61 bits per heavy atom. The number of carbonyl (C=O) groups excluding carboxylic acids is 2. The number of nitrogens with one attached hydrogen (secondary N) is 1. The number of benzene rings is 2. The summed E-state index contributed by atoms with van der Waals surface area (Å²) in [4.78, 5) is 27.3. The summed E-state index contributed by atoms with van der Waals surface area (Å²) in [5, 5.41) is 2.82. The third-order valence-corrected chi connectivity index (χ3v) is 4.70. The highest BCUT2D eigenvalue weighted by Gasteiger charge is 2.40. The van der Waals surface area contributed by atoms with Crippen LogP contribution >= 0.6 is 0 Å². The first-order chi connectivity index (χ1) is 15.5. The second-order valence-corrected chi connectivity index (χ2v) is 8.25. The van der Waals surface area contributed by atoms with Crippen LogP contribution in [-0.4, -0.2) is 35.7 Å². The van der Waals surface area contributed by atoms with E-state index >= 15 is 0 Å². The third kappa shape index (κ3) is 5.85. The first kappa shape index (κ1) is 24.2. The van der Waals surface area contributed by atoms with E-state index in [2.05, 4.69) is 10.1 Å². The number of imide groups is 1. The zero-order valence-electron chi connectivity index (χ0n) is 18.7. The van der Waals surface area contributed by atoms with Gasteiger partial charge in [0, 0.05) is 17.8 Å². The number of ether oxygens (including phenoxy) is 2. The lowest BCUT2D eigenvalue weighted by molar-refractivity contribution is -0.274. The minimum absolute atomic E-state index is 0.0197. The zero-order valence-corrected chi connectivity index (χ0v) is 18.7. The van der Waals surface area contributed by atoms with E-state index in [-0.39, 0.29) is 17.0 Å². The lowest BCUT2D eigenvalue weighted by atomic mass is 10.0. The summed E-state index contributed by atoms with van der Waals surface area (Å²) in [5.41, 5.74) is 0.770.